The van der Waals surface area contributed by atoms with Crippen molar-refractivity contribution in [1.29, 1.82) is 0 Å². The predicted molar refractivity (Wildman–Crippen MR) is 93.9 cm³/mol. The highest BCUT2D eigenvalue weighted by Gasteiger charge is 2.21. The summed E-state index contributed by atoms with van der Waals surface area (Å²) < 4.78 is 0. The van der Waals surface area contributed by atoms with E-state index in [1.807, 2.05) is 36.9 Å². The maximum absolute atomic E-state index is 4.72. The lowest BCUT2D eigenvalue weighted by atomic mass is 9.89. The average molecular weight is 329 g/mol. The van der Waals surface area contributed by atoms with Crippen molar-refractivity contribution >= 4 is 17.0 Å². The molecule has 4 aromatic rings. The van der Waals surface area contributed by atoms with Gasteiger partial charge < -0.3 is 5.32 Å². The quantitative estimate of drug-likeness (QED) is 0.600. The van der Waals surface area contributed by atoms with Crippen LogP contribution in [0, 0.1) is 0 Å². The maximum Gasteiger partial charge on any atom is 0.223 e. The first-order chi connectivity index (χ1) is 12.4. The summed E-state index contributed by atoms with van der Waals surface area (Å²) in [6.45, 7) is 0.652. The number of nitrogens with one attached hydrogen (secondary N) is 2. The fraction of sp³-hybridized carbons (Fsp3) is 0.167. The molecule has 25 heavy (non-hydrogen) atoms. The Balaban J connectivity index is 1.50. The molecule has 0 unspecified atom stereocenters. The smallest absolute Gasteiger partial charge is 0.223 e. The van der Waals surface area contributed by atoms with E-state index in [1.165, 1.54) is 5.56 Å². The van der Waals surface area contributed by atoms with Crippen LogP contribution in [0.4, 0.5) is 5.95 Å². The Kier molecular flexibility index (Phi) is 3.16. The van der Waals surface area contributed by atoms with E-state index >= 15 is 0 Å². The van der Waals surface area contributed by atoms with Crippen LogP contribution in [0.15, 0.2) is 43.1 Å². The van der Waals surface area contributed by atoms with Crippen LogP contribution in [0.1, 0.15) is 16.8 Å². The molecule has 0 aromatic carbocycles. The van der Waals surface area contributed by atoms with Crippen molar-refractivity contribution in [2.24, 2.45) is 0 Å². The Morgan fingerprint density at radius 1 is 1.08 bits per heavy atom. The van der Waals surface area contributed by atoms with E-state index in [2.05, 4.69) is 30.5 Å². The van der Waals surface area contributed by atoms with Gasteiger partial charge in [-0.1, -0.05) is 6.07 Å². The monoisotopic (exact) mass is 329 g/mol. The summed E-state index contributed by atoms with van der Waals surface area (Å²) in [6.07, 6.45) is 11.1. The standard InChI is InChI=1S/C18H15N7/c1-2-11(6-19-5-1)7-21-18-22-9-13-15(24-18)4-3-12-8-20-17-14(16(12)13)10-23-25-17/h1-2,5-6,8-10H,3-4,7H2,(H,20,23,25)(H,21,22,24). The molecule has 0 saturated heterocycles. The molecule has 0 fully saturated rings. The van der Waals surface area contributed by atoms with Crippen LogP contribution in [0.3, 0.4) is 0 Å². The van der Waals surface area contributed by atoms with Gasteiger partial charge in [-0.15, -0.1) is 0 Å². The third kappa shape index (κ3) is 2.40. The minimum Gasteiger partial charge on any atom is -0.350 e. The van der Waals surface area contributed by atoms with Gasteiger partial charge in [0.25, 0.3) is 0 Å². The molecule has 0 radical (unpaired) electrons. The van der Waals surface area contributed by atoms with Crippen molar-refractivity contribution in [3.8, 4) is 11.1 Å². The highest BCUT2D eigenvalue weighted by molar-refractivity contribution is 5.95. The summed E-state index contributed by atoms with van der Waals surface area (Å²) in [5.41, 5.74) is 6.40. The second kappa shape index (κ2) is 5.62. The summed E-state index contributed by atoms with van der Waals surface area (Å²) in [7, 11) is 0. The number of aryl methyl sites for hydroxylation is 2. The van der Waals surface area contributed by atoms with Crippen molar-refractivity contribution in [3.05, 3.63) is 59.9 Å². The second-order valence-corrected chi connectivity index (χ2v) is 6.06. The largest absolute Gasteiger partial charge is 0.350 e. The molecule has 4 heterocycles. The number of fused-ring (bicyclic) bond motifs is 5. The van der Waals surface area contributed by atoms with Crippen molar-refractivity contribution < 1.29 is 0 Å². The molecule has 0 atom stereocenters. The Labute approximate surface area is 143 Å². The maximum atomic E-state index is 4.72. The van der Waals surface area contributed by atoms with Gasteiger partial charge in [0.15, 0.2) is 5.65 Å². The van der Waals surface area contributed by atoms with Crippen molar-refractivity contribution in [2.45, 2.75) is 19.4 Å². The van der Waals surface area contributed by atoms with Crippen LogP contribution < -0.4 is 5.32 Å². The molecule has 0 spiro atoms. The Bertz CT molecular complexity index is 1060. The molecule has 0 bridgehead atoms. The van der Waals surface area contributed by atoms with E-state index in [1.54, 1.807) is 6.20 Å². The summed E-state index contributed by atoms with van der Waals surface area (Å²) >= 11 is 0. The van der Waals surface area contributed by atoms with Crippen molar-refractivity contribution in [1.82, 2.24) is 30.1 Å². The number of anilines is 1. The van der Waals surface area contributed by atoms with Crippen molar-refractivity contribution in [3.63, 3.8) is 0 Å². The van der Waals surface area contributed by atoms with Crippen LogP contribution in [-0.2, 0) is 19.4 Å². The van der Waals surface area contributed by atoms with Gasteiger partial charge in [-0.3, -0.25) is 10.1 Å². The molecule has 0 saturated carbocycles. The molecule has 0 amide bonds. The molecule has 7 nitrogen and oxygen atoms in total. The van der Waals surface area contributed by atoms with E-state index in [0.29, 0.717) is 12.5 Å². The minimum atomic E-state index is 0.642. The van der Waals surface area contributed by atoms with Crippen LogP contribution >= 0.6 is 0 Å². The van der Waals surface area contributed by atoms with Crippen molar-refractivity contribution in [2.75, 3.05) is 5.32 Å². The van der Waals surface area contributed by atoms with Crippen LogP contribution in [0.25, 0.3) is 22.2 Å². The summed E-state index contributed by atoms with van der Waals surface area (Å²) in [5.74, 6) is 0.642. The highest BCUT2D eigenvalue weighted by Crippen LogP contribution is 2.36. The van der Waals surface area contributed by atoms with Gasteiger partial charge in [-0.2, -0.15) is 5.10 Å². The first-order valence-electron chi connectivity index (χ1n) is 8.18. The zero-order valence-corrected chi connectivity index (χ0v) is 13.4. The zero-order chi connectivity index (χ0) is 16.6. The Morgan fingerprint density at radius 2 is 2.08 bits per heavy atom. The molecular weight excluding hydrogens is 314 g/mol. The molecule has 2 N–H and O–H groups in total. The molecular formula is C18H15N7. The fourth-order valence-electron chi connectivity index (χ4n) is 3.29. The fourth-order valence-corrected chi connectivity index (χ4v) is 3.29. The minimum absolute atomic E-state index is 0.642. The molecule has 7 heteroatoms. The van der Waals surface area contributed by atoms with E-state index in [0.717, 1.165) is 46.3 Å². The topological polar surface area (TPSA) is 92.3 Å². The van der Waals surface area contributed by atoms with Crippen LogP contribution in [-0.4, -0.2) is 30.1 Å². The van der Waals surface area contributed by atoms with Gasteiger partial charge in [0.05, 0.1) is 11.9 Å². The summed E-state index contributed by atoms with van der Waals surface area (Å²) in [6, 6.07) is 3.95. The predicted octanol–water partition coefficient (Wildman–Crippen LogP) is 2.52. The second-order valence-electron chi connectivity index (χ2n) is 6.06. The zero-order valence-electron chi connectivity index (χ0n) is 13.4. The summed E-state index contributed by atoms with van der Waals surface area (Å²) in [4.78, 5) is 17.8. The van der Waals surface area contributed by atoms with Gasteiger partial charge in [-0.05, 0) is 30.0 Å². The summed E-state index contributed by atoms with van der Waals surface area (Å²) in [5, 5.41) is 11.3. The van der Waals surface area contributed by atoms with Gasteiger partial charge in [0.2, 0.25) is 5.95 Å². The van der Waals surface area contributed by atoms with Gasteiger partial charge in [0.1, 0.15) is 0 Å². The SMILES string of the molecule is c1cncc(CNc2ncc3c(n2)CCc2cnc4[nH]ncc4c2-3)c1. The van der Waals surface area contributed by atoms with Gasteiger partial charge in [-0.25, -0.2) is 15.0 Å². The molecule has 1 aliphatic carbocycles. The third-order valence-corrected chi connectivity index (χ3v) is 4.50. The van der Waals surface area contributed by atoms with E-state index in [4.69, 9.17) is 4.98 Å². The first kappa shape index (κ1) is 14.0. The number of hydrogen-bond acceptors (Lipinski definition) is 6. The lowest BCUT2D eigenvalue weighted by Crippen LogP contribution is -2.11. The number of hydrogen-bond donors (Lipinski definition) is 2. The Hall–Kier alpha value is -3.35. The Morgan fingerprint density at radius 3 is 3.00 bits per heavy atom. The van der Waals surface area contributed by atoms with Crippen LogP contribution in [0.5, 0.6) is 0 Å². The number of H-pyrrole nitrogens is 1. The van der Waals surface area contributed by atoms with E-state index < -0.39 is 0 Å². The first-order valence-corrected chi connectivity index (χ1v) is 8.18. The molecule has 122 valence electrons. The van der Waals surface area contributed by atoms with E-state index in [-0.39, 0.29) is 0 Å². The highest BCUT2D eigenvalue weighted by atomic mass is 15.1. The lowest BCUT2D eigenvalue weighted by Gasteiger charge is -2.19. The molecule has 1 aliphatic rings. The molecule has 0 aliphatic heterocycles. The third-order valence-electron chi connectivity index (χ3n) is 4.50. The molecule has 5 rings (SSSR count). The molecule has 4 aromatic heterocycles. The van der Waals surface area contributed by atoms with Gasteiger partial charge >= 0.3 is 0 Å². The normalized spacial score (nSPS) is 12.6. The van der Waals surface area contributed by atoms with E-state index in [9.17, 15) is 0 Å². The average Bonchev–Trinajstić information content (AvgIpc) is 3.15. The van der Waals surface area contributed by atoms with Gasteiger partial charge in [0, 0.05) is 47.8 Å². The number of nitrogens with zero attached hydrogens (tertiary/aromatic N) is 5. The van der Waals surface area contributed by atoms with Crippen LogP contribution in [0.2, 0.25) is 0 Å². The number of aromatic nitrogens is 6. The lowest BCUT2D eigenvalue weighted by molar-refractivity contribution is 0.877. The number of rotatable bonds is 3. The number of pyridine rings is 2. The number of aromatic amines is 1.